The summed E-state index contributed by atoms with van der Waals surface area (Å²) in [6.07, 6.45) is 2.24. The molecule has 0 bridgehead atoms. The fraction of sp³-hybridized carbons (Fsp3) is 0.0952. The number of nitro benzene ring substituents is 1. The maximum atomic E-state index is 13.2. The van der Waals surface area contributed by atoms with Crippen molar-refractivity contribution in [3.63, 3.8) is 0 Å². The molecule has 2 aromatic carbocycles. The molecule has 8 heteroatoms. The molecule has 0 saturated carbocycles. The summed E-state index contributed by atoms with van der Waals surface area (Å²) in [7, 11) is 0. The number of nitrogens with zero attached hydrogens (tertiary/aromatic N) is 3. The van der Waals surface area contributed by atoms with Crippen LogP contribution in [-0.4, -0.2) is 9.49 Å². The van der Waals surface area contributed by atoms with Gasteiger partial charge in [-0.3, -0.25) is 10.1 Å². The van der Waals surface area contributed by atoms with Crippen molar-refractivity contribution < 1.29 is 13.7 Å². The summed E-state index contributed by atoms with van der Waals surface area (Å²) in [6, 6.07) is 16.4. The molecule has 0 aliphatic heterocycles. The van der Waals surface area contributed by atoms with Crippen molar-refractivity contribution >= 4 is 22.7 Å². The lowest BCUT2D eigenvalue weighted by molar-refractivity contribution is -0.384. The first-order valence-electron chi connectivity index (χ1n) is 8.86. The van der Waals surface area contributed by atoms with Gasteiger partial charge in [-0.2, -0.15) is 0 Å². The molecule has 0 radical (unpaired) electrons. The van der Waals surface area contributed by atoms with Gasteiger partial charge in [0.25, 0.3) is 5.69 Å². The molecular weight excluding hydrogens is 393 g/mol. The molecule has 0 saturated heterocycles. The minimum atomic E-state index is -0.442. The second-order valence-corrected chi connectivity index (χ2v) is 7.10. The second kappa shape index (κ2) is 8.24. The summed E-state index contributed by atoms with van der Waals surface area (Å²) in [5, 5.41) is 13.2. The van der Waals surface area contributed by atoms with Crippen LogP contribution in [0.1, 0.15) is 5.56 Å². The molecule has 146 valence electrons. The number of para-hydroxylation sites is 2. The predicted octanol–water partition coefficient (Wildman–Crippen LogP) is 5.33. The molecular formula is C21H16FN3O3S. The molecule has 0 unspecified atom stereocenters. The minimum Gasteiger partial charge on any atom is -0.463 e. The van der Waals surface area contributed by atoms with E-state index < -0.39 is 4.92 Å². The van der Waals surface area contributed by atoms with Gasteiger partial charge in [-0.15, -0.1) is 11.3 Å². The number of hydrogen-bond donors (Lipinski definition) is 0. The largest absolute Gasteiger partial charge is 0.463 e. The molecule has 4 aromatic rings. The number of furan rings is 1. The predicted molar refractivity (Wildman–Crippen MR) is 108 cm³/mol. The van der Waals surface area contributed by atoms with E-state index in [0.717, 1.165) is 11.3 Å². The van der Waals surface area contributed by atoms with Crippen LogP contribution >= 0.6 is 11.3 Å². The number of benzene rings is 2. The van der Waals surface area contributed by atoms with Gasteiger partial charge in [-0.1, -0.05) is 24.3 Å². The molecule has 0 N–H and O–H groups in total. The number of rotatable bonds is 6. The van der Waals surface area contributed by atoms with Crippen molar-refractivity contribution in [2.45, 2.75) is 13.0 Å². The fourth-order valence-electron chi connectivity index (χ4n) is 2.97. The van der Waals surface area contributed by atoms with Crippen molar-refractivity contribution in [2.24, 2.45) is 4.99 Å². The first kappa shape index (κ1) is 18.8. The third-order valence-electron chi connectivity index (χ3n) is 4.40. The molecule has 6 nitrogen and oxygen atoms in total. The highest BCUT2D eigenvalue weighted by Gasteiger charge is 2.14. The smallest absolute Gasteiger partial charge is 0.294 e. The van der Waals surface area contributed by atoms with E-state index in [1.54, 1.807) is 42.7 Å². The average molecular weight is 409 g/mol. The molecule has 29 heavy (non-hydrogen) atoms. The maximum absolute atomic E-state index is 13.2. The van der Waals surface area contributed by atoms with Crippen LogP contribution in [0.2, 0.25) is 0 Å². The number of aryl methyl sites for hydroxylation is 1. The summed E-state index contributed by atoms with van der Waals surface area (Å²) >= 11 is 1.38. The van der Waals surface area contributed by atoms with Gasteiger partial charge >= 0.3 is 0 Å². The van der Waals surface area contributed by atoms with Crippen molar-refractivity contribution in [1.82, 2.24) is 4.57 Å². The van der Waals surface area contributed by atoms with Crippen molar-refractivity contribution in [1.29, 1.82) is 0 Å². The molecule has 0 aliphatic carbocycles. The molecule has 0 amide bonds. The molecule has 2 aromatic heterocycles. The van der Waals surface area contributed by atoms with Gasteiger partial charge < -0.3 is 8.98 Å². The maximum Gasteiger partial charge on any atom is 0.294 e. The standard InChI is InChI=1S/C21H16FN3O3S/c22-16-9-7-15(8-10-16)11-12-24-19(20-6-3-13-28-20)14-29-21(24)23-17-4-1-2-5-18(17)25(26)27/h1-10,13-14H,11-12H2. The Labute approximate surface area is 169 Å². The van der Waals surface area contributed by atoms with Crippen molar-refractivity contribution in [3.8, 4) is 11.5 Å². The van der Waals surface area contributed by atoms with E-state index in [4.69, 9.17) is 4.42 Å². The SMILES string of the molecule is O=[N+]([O-])c1ccccc1N=c1scc(-c2ccco2)n1CCc1ccc(F)cc1. The van der Waals surface area contributed by atoms with E-state index in [1.807, 2.05) is 16.0 Å². The zero-order valence-electron chi connectivity index (χ0n) is 15.2. The number of aromatic nitrogens is 1. The lowest BCUT2D eigenvalue weighted by Crippen LogP contribution is -2.17. The van der Waals surface area contributed by atoms with E-state index in [1.165, 1.54) is 29.5 Å². The van der Waals surface area contributed by atoms with Crippen LogP contribution in [0.4, 0.5) is 15.8 Å². The van der Waals surface area contributed by atoms with Gasteiger partial charge in [-0.25, -0.2) is 9.38 Å². The first-order chi connectivity index (χ1) is 14.1. The zero-order chi connectivity index (χ0) is 20.2. The highest BCUT2D eigenvalue weighted by molar-refractivity contribution is 7.07. The van der Waals surface area contributed by atoms with Crippen LogP contribution in [0.5, 0.6) is 0 Å². The van der Waals surface area contributed by atoms with Crippen LogP contribution in [0, 0.1) is 15.9 Å². The van der Waals surface area contributed by atoms with Crippen molar-refractivity contribution in [3.05, 3.63) is 98.6 Å². The fourth-order valence-corrected chi connectivity index (χ4v) is 3.89. The molecule has 0 fully saturated rings. The quantitative estimate of drug-likeness (QED) is 0.319. The van der Waals surface area contributed by atoms with E-state index in [9.17, 15) is 14.5 Å². The minimum absolute atomic E-state index is 0.0504. The summed E-state index contributed by atoms with van der Waals surface area (Å²) in [6.45, 7) is 0.560. The number of hydrogen-bond acceptors (Lipinski definition) is 5. The number of thiazole rings is 1. The Kier molecular flexibility index (Phi) is 5.35. The lowest BCUT2D eigenvalue weighted by atomic mass is 10.1. The van der Waals surface area contributed by atoms with Gasteiger partial charge in [-0.05, 0) is 42.3 Å². The first-order valence-corrected chi connectivity index (χ1v) is 9.74. The monoisotopic (exact) mass is 409 g/mol. The van der Waals surface area contributed by atoms with Crippen LogP contribution in [-0.2, 0) is 13.0 Å². The highest BCUT2D eigenvalue weighted by atomic mass is 32.1. The van der Waals surface area contributed by atoms with E-state index in [2.05, 4.69) is 4.99 Å². The van der Waals surface area contributed by atoms with Crippen LogP contribution in [0.15, 0.2) is 81.7 Å². The summed E-state index contributed by atoms with van der Waals surface area (Å²) in [4.78, 5) is 16.1. The van der Waals surface area contributed by atoms with Crippen LogP contribution in [0.25, 0.3) is 11.5 Å². The average Bonchev–Trinajstić information content (AvgIpc) is 3.38. The third-order valence-corrected chi connectivity index (χ3v) is 5.27. The van der Waals surface area contributed by atoms with Crippen LogP contribution < -0.4 is 4.80 Å². The molecule has 4 rings (SSSR count). The third kappa shape index (κ3) is 4.17. The lowest BCUT2D eigenvalue weighted by Gasteiger charge is -2.08. The van der Waals surface area contributed by atoms with Gasteiger partial charge in [0.15, 0.2) is 10.6 Å². The van der Waals surface area contributed by atoms with Gasteiger partial charge in [0, 0.05) is 18.0 Å². The summed E-state index contributed by atoms with van der Waals surface area (Å²) < 4.78 is 20.7. The Balaban J connectivity index is 1.76. The Morgan fingerprint density at radius 2 is 1.90 bits per heavy atom. The number of nitro groups is 1. The van der Waals surface area contributed by atoms with Crippen LogP contribution in [0.3, 0.4) is 0 Å². The normalized spacial score (nSPS) is 11.7. The molecule has 0 spiro atoms. The second-order valence-electron chi connectivity index (χ2n) is 6.27. The Morgan fingerprint density at radius 1 is 1.10 bits per heavy atom. The Hall–Kier alpha value is -3.52. The molecule has 0 aliphatic rings. The van der Waals surface area contributed by atoms with Crippen molar-refractivity contribution in [2.75, 3.05) is 0 Å². The number of halogens is 1. The zero-order valence-corrected chi connectivity index (χ0v) is 16.0. The van der Waals surface area contributed by atoms with E-state index in [-0.39, 0.29) is 11.5 Å². The van der Waals surface area contributed by atoms with Gasteiger partial charge in [0.05, 0.1) is 16.9 Å². The van der Waals surface area contributed by atoms with Gasteiger partial charge in [0.2, 0.25) is 0 Å². The highest BCUT2D eigenvalue weighted by Crippen LogP contribution is 2.27. The summed E-state index contributed by atoms with van der Waals surface area (Å²) in [5.41, 5.74) is 2.05. The van der Waals surface area contributed by atoms with E-state index in [0.29, 0.717) is 29.2 Å². The summed E-state index contributed by atoms with van der Waals surface area (Å²) in [5.74, 6) is 0.407. The van der Waals surface area contributed by atoms with E-state index >= 15 is 0 Å². The molecule has 2 heterocycles. The Morgan fingerprint density at radius 3 is 2.62 bits per heavy atom. The molecule has 0 atom stereocenters. The Bertz CT molecular complexity index is 1190. The van der Waals surface area contributed by atoms with Gasteiger partial charge in [0.1, 0.15) is 11.5 Å². The topological polar surface area (TPSA) is 73.6 Å².